The maximum absolute atomic E-state index is 11.5. The molecule has 2 aliphatic carbocycles. The molecule has 2 rings (SSSR count). The van der Waals surface area contributed by atoms with Gasteiger partial charge < -0.3 is 5.11 Å². The predicted octanol–water partition coefficient (Wildman–Crippen LogP) is 1.55. The van der Waals surface area contributed by atoms with Crippen molar-refractivity contribution in [3.8, 4) is 0 Å². The highest BCUT2D eigenvalue weighted by atomic mass is 16.4. The lowest BCUT2D eigenvalue weighted by Gasteiger charge is -2.30. The predicted molar refractivity (Wildman–Crippen MR) is 50.7 cm³/mol. The second-order valence-electron chi connectivity index (χ2n) is 3.80. The lowest BCUT2D eigenvalue weighted by atomic mass is 9.73. The van der Waals surface area contributed by atoms with E-state index in [2.05, 4.69) is 0 Å². The molecule has 0 amide bonds. The number of carboxylic acids is 1. The molecule has 1 N–H and O–H groups in total. The first-order chi connectivity index (χ1) is 6.70. The van der Waals surface area contributed by atoms with Crippen LogP contribution in [-0.4, -0.2) is 16.9 Å². The number of fused-ring (bicyclic) bond motifs is 1. The fourth-order valence-electron chi connectivity index (χ4n) is 2.28. The molecule has 0 bridgehead atoms. The third kappa shape index (κ3) is 1.39. The molecule has 2 unspecified atom stereocenters. The summed E-state index contributed by atoms with van der Waals surface area (Å²) in [6, 6.07) is 0. The van der Waals surface area contributed by atoms with Crippen LogP contribution in [0, 0.1) is 11.8 Å². The SMILES string of the molecule is O=C(O)C1CCCC2C(=O)C=CC=C12. The summed E-state index contributed by atoms with van der Waals surface area (Å²) in [5.74, 6) is -1.34. The van der Waals surface area contributed by atoms with Crippen LogP contribution in [0.5, 0.6) is 0 Å². The summed E-state index contributed by atoms with van der Waals surface area (Å²) in [6.07, 6.45) is 7.30. The average molecular weight is 192 g/mol. The maximum Gasteiger partial charge on any atom is 0.310 e. The van der Waals surface area contributed by atoms with Crippen molar-refractivity contribution in [2.75, 3.05) is 0 Å². The van der Waals surface area contributed by atoms with Gasteiger partial charge in [-0.05, 0) is 24.5 Å². The van der Waals surface area contributed by atoms with Crippen LogP contribution in [-0.2, 0) is 9.59 Å². The number of carbonyl (C=O) groups excluding carboxylic acids is 1. The van der Waals surface area contributed by atoms with Crippen LogP contribution in [0.1, 0.15) is 19.3 Å². The minimum absolute atomic E-state index is 0.0634. The normalized spacial score (nSPS) is 30.9. The third-order valence-electron chi connectivity index (χ3n) is 2.98. The largest absolute Gasteiger partial charge is 0.481 e. The summed E-state index contributed by atoms with van der Waals surface area (Å²) in [4.78, 5) is 22.4. The molecular weight excluding hydrogens is 180 g/mol. The Morgan fingerprint density at radius 3 is 2.93 bits per heavy atom. The Hall–Kier alpha value is -1.38. The Bertz CT molecular complexity index is 338. The first-order valence-corrected chi connectivity index (χ1v) is 4.85. The molecule has 0 spiro atoms. The van der Waals surface area contributed by atoms with E-state index < -0.39 is 11.9 Å². The van der Waals surface area contributed by atoms with Gasteiger partial charge in [-0.2, -0.15) is 0 Å². The van der Waals surface area contributed by atoms with E-state index in [9.17, 15) is 9.59 Å². The Balaban J connectivity index is 2.32. The van der Waals surface area contributed by atoms with E-state index in [1.165, 1.54) is 0 Å². The zero-order valence-corrected chi connectivity index (χ0v) is 7.77. The molecule has 0 radical (unpaired) electrons. The van der Waals surface area contributed by atoms with E-state index in [4.69, 9.17) is 5.11 Å². The van der Waals surface area contributed by atoms with E-state index >= 15 is 0 Å². The number of carbonyl (C=O) groups is 2. The fourth-order valence-corrected chi connectivity index (χ4v) is 2.28. The second-order valence-corrected chi connectivity index (χ2v) is 3.80. The highest BCUT2D eigenvalue weighted by Gasteiger charge is 2.35. The zero-order valence-electron chi connectivity index (χ0n) is 7.77. The van der Waals surface area contributed by atoms with Crippen molar-refractivity contribution in [1.82, 2.24) is 0 Å². The number of allylic oxidation sites excluding steroid dienone is 3. The van der Waals surface area contributed by atoms with Crippen LogP contribution < -0.4 is 0 Å². The van der Waals surface area contributed by atoms with Crippen molar-refractivity contribution >= 4 is 11.8 Å². The molecule has 1 fully saturated rings. The molecule has 3 heteroatoms. The highest BCUT2D eigenvalue weighted by Crippen LogP contribution is 2.36. The van der Waals surface area contributed by atoms with Crippen molar-refractivity contribution in [2.45, 2.75) is 19.3 Å². The molecule has 0 aliphatic heterocycles. The van der Waals surface area contributed by atoms with Gasteiger partial charge in [0, 0.05) is 5.92 Å². The summed E-state index contributed by atoms with van der Waals surface area (Å²) >= 11 is 0. The Labute approximate surface area is 82.1 Å². The van der Waals surface area contributed by atoms with E-state index in [-0.39, 0.29) is 11.7 Å². The zero-order chi connectivity index (χ0) is 10.1. The quantitative estimate of drug-likeness (QED) is 0.685. The van der Waals surface area contributed by atoms with Gasteiger partial charge in [-0.15, -0.1) is 0 Å². The van der Waals surface area contributed by atoms with Crippen molar-refractivity contribution in [3.63, 3.8) is 0 Å². The molecular formula is C11H12O3. The summed E-state index contributed by atoms with van der Waals surface area (Å²) in [7, 11) is 0. The number of hydrogen-bond acceptors (Lipinski definition) is 2. The Morgan fingerprint density at radius 2 is 2.21 bits per heavy atom. The molecule has 14 heavy (non-hydrogen) atoms. The van der Waals surface area contributed by atoms with Gasteiger partial charge in [-0.3, -0.25) is 9.59 Å². The van der Waals surface area contributed by atoms with E-state index in [0.29, 0.717) is 6.42 Å². The molecule has 74 valence electrons. The van der Waals surface area contributed by atoms with Crippen molar-refractivity contribution in [1.29, 1.82) is 0 Å². The lowest BCUT2D eigenvalue weighted by Crippen LogP contribution is -2.30. The van der Waals surface area contributed by atoms with Gasteiger partial charge in [0.2, 0.25) is 0 Å². The van der Waals surface area contributed by atoms with Gasteiger partial charge in [-0.1, -0.05) is 18.6 Å². The molecule has 0 aromatic carbocycles. The Morgan fingerprint density at radius 1 is 1.43 bits per heavy atom. The second kappa shape index (κ2) is 3.40. The molecule has 0 heterocycles. The molecule has 2 atom stereocenters. The summed E-state index contributed by atoms with van der Waals surface area (Å²) in [5, 5.41) is 8.99. The van der Waals surface area contributed by atoms with Crippen LogP contribution in [0.4, 0.5) is 0 Å². The monoisotopic (exact) mass is 192 g/mol. The number of hydrogen-bond donors (Lipinski definition) is 1. The molecule has 1 saturated carbocycles. The van der Waals surface area contributed by atoms with Crippen LogP contribution >= 0.6 is 0 Å². The summed E-state index contributed by atoms with van der Waals surface area (Å²) in [5.41, 5.74) is 0.802. The molecule has 0 saturated heterocycles. The fraction of sp³-hybridized carbons (Fsp3) is 0.455. The molecule has 0 aromatic rings. The summed E-state index contributed by atoms with van der Waals surface area (Å²) < 4.78 is 0. The van der Waals surface area contributed by atoms with Gasteiger partial charge in [0.25, 0.3) is 0 Å². The highest BCUT2D eigenvalue weighted by molar-refractivity contribution is 5.96. The van der Waals surface area contributed by atoms with Crippen LogP contribution in [0.2, 0.25) is 0 Å². The molecule has 0 aromatic heterocycles. The topological polar surface area (TPSA) is 54.4 Å². The van der Waals surface area contributed by atoms with Crippen molar-refractivity contribution in [3.05, 3.63) is 23.8 Å². The van der Waals surface area contributed by atoms with Crippen LogP contribution in [0.25, 0.3) is 0 Å². The van der Waals surface area contributed by atoms with Gasteiger partial charge in [0.05, 0.1) is 5.92 Å². The maximum atomic E-state index is 11.5. The number of aliphatic carboxylic acids is 1. The van der Waals surface area contributed by atoms with Gasteiger partial charge >= 0.3 is 5.97 Å². The first-order valence-electron chi connectivity index (χ1n) is 4.85. The smallest absolute Gasteiger partial charge is 0.310 e. The Kier molecular flexibility index (Phi) is 2.23. The standard InChI is InChI=1S/C11H12O3/c12-10-6-2-3-7-8(10)4-1-5-9(7)11(13)14/h2-3,6,8-9H,1,4-5H2,(H,13,14). The van der Waals surface area contributed by atoms with Gasteiger partial charge in [0.15, 0.2) is 5.78 Å². The van der Waals surface area contributed by atoms with Crippen LogP contribution in [0.3, 0.4) is 0 Å². The van der Waals surface area contributed by atoms with Crippen LogP contribution in [0.15, 0.2) is 23.8 Å². The van der Waals surface area contributed by atoms with E-state index in [1.54, 1.807) is 18.2 Å². The number of rotatable bonds is 1. The van der Waals surface area contributed by atoms with E-state index in [0.717, 1.165) is 18.4 Å². The first kappa shape index (κ1) is 9.19. The third-order valence-corrected chi connectivity index (χ3v) is 2.98. The van der Waals surface area contributed by atoms with Gasteiger partial charge in [0.1, 0.15) is 0 Å². The summed E-state index contributed by atoms with van der Waals surface area (Å²) in [6.45, 7) is 0. The minimum atomic E-state index is -0.802. The molecule has 2 aliphatic rings. The number of carboxylic acid groups (broad SMARTS) is 1. The minimum Gasteiger partial charge on any atom is -0.481 e. The average Bonchev–Trinajstić information content (AvgIpc) is 2.17. The van der Waals surface area contributed by atoms with Crippen molar-refractivity contribution in [2.24, 2.45) is 11.8 Å². The van der Waals surface area contributed by atoms with E-state index in [1.807, 2.05) is 0 Å². The molecule has 3 nitrogen and oxygen atoms in total. The number of ketones is 1. The van der Waals surface area contributed by atoms with Gasteiger partial charge in [-0.25, -0.2) is 0 Å². The van der Waals surface area contributed by atoms with Crippen molar-refractivity contribution < 1.29 is 14.7 Å². The lowest BCUT2D eigenvalue weighted by molar-refractivity contribution is -0.141.